The molecule has 0 amide bonds. The number of pyridine rings is 1. The molecule has 4 rings (SSSR count). The van der Waals surface area contributed by atoms with E-state index in [1.165, 1.54) is 32.4 Å². The number of rotatable bonds is 12. The summed E-state index contributed by atoms with van der Waals surface area (Å²) in [6.45, 7) is 15.1. The summed E-state index contributed by atoms with van der Waals surface area (Å²) < 4.78 is 20.4. The van der Waals surface area contributed by atoms with Crippen molar-refractivity contribution < 1.29 is 9.13 Å². The van der Waals surface area contributed by atoms with Crippen LogP contribution in [0.15, 0.2) is 12.1 Å². The van der Waals surface area contributed by atoms with Crippen LogP contribution in [0.25, 0.3) is 0 Å². The third-order valence-electron chi connectivity index (χ3n) is 7.46. The van der Waals surface area contributed by atoms with Crippen LogP contribution in [-0.4, -0.2) is 84.4 Å². The molecular formula is C25H42FN5O. The molecule has 7 heteroatoms. The van der Waals surface area contributed by atoms with Gasteiger partial charge in [-0.1, -0.05) is 19.8 Å². The molecule has 3 atom stereocenters. The molecule has 1 aromatic heterocycles. The minimum Gasteiger partial charge on any atom is -0.377 e. The molecule has 6 nitrogen and oxygen atoms in total. The lowest BCUT2D eigenvalue weighted by molar-refractivity contribution is 0.0549. The van der Waals surface area contributed by atoms with Crippen LogP contribution in [-0.2, 0) is 11.3 Å². The van der Waals surface area contributed by atoms with Crippen molar-refractivity contribution in [3.63, 3.8) is 0 Å². The second kappa shape index (κ2) is 10.8. The van der Waals surface area contributed by atoms with E-state index in [4.69, 9.17) is 4.74 Å². The molecular weight excluding hydrogens is 405 g/mol. The van der Waals surface area contributed by atoms with Crippen molar-refractivity contribution in [1.29, 1.82) is 0 Å². The standard InChI is InChI=1S/C25H42FN5O/c1-5-7-8-23(32-6-2)13-27-12-19-9-10-24(26)25(28-19)29-14-22(15-29)31-17-20-11-21(31)16-30(20)18(3)4/h9-10,18,20-23,27H,5-8,11-17H2,1-4H3/t20-,21-,23?/m0/s1. The Hall–Kier alpha value is -1.28. The Kier molecular flexibility index (Phi) is 8.03. The Morgan fingerprint density at radius 1 is 1.12 bits per heavy atom. The molecule has 0 radical (unpaired) electrons. The maximum atomic E-state index is 14.6. The van der Waals surface area contributed by atoms with Crippen molar-refractivity contribution in [2.75, 3.05) is 44.2 Å². The van der Waals surface area contributed by atoms with E-state index in [-0.39, 0.29) is 11.9 Å². The Bertz CT molecular complexity index is 741. The highest BCUT2D eigenvalue weighted by Crippen LogP contribution is 2.36. The molecule has 3 aliphatic heterocycles. The predicted octanol–water partition coefficient (Wildman–Crippen LogP) is 3.26. The monoisotopic (exact) mass is 447 g/mol. The van der Waals surface area contributed by atoms with Crippen LogP contribution in [0.2, 0.25) is 0 Å². The largest absolute Gasteiger partial charge is 0.377 e. The second-order valence-electron chi connectivity index (χ2n) is 10.0. The van der Waals surface area contributed by atoms with E-state index < -0.39 is 0 Å². The maximum absolute atomic E-state index is 14.6. The van der Waals surface area contributed by atoms with Gasteiger partial charge in [0.25, 0.3) is 0 Å². The summed E-state index contributed by atoms with van der Waals surface area (Å²) in [7, 11) is 0. The van der Waals surface area contributed by atoms with Gasteiger partial charge >= 0.3 is 0 Å². The van der Waals surface area contributed by atoms with Crippen molar-refractivity contribution in [3.05, 3.63) is 23.6 Å². The van der Waals surface area contributed by atoms with Crippen LogP contribution in [0.3, 0.4) is 0 Å². The average molecular weight is 448 g/mol. The Morgan fingerprint density at radius 3 is 2.59 bits per heavy atom. The van der Waals surface area contributed by atoms with E-state index in [1.807, 2.05) is 6.92 Å². The number of nitrogens with one attached hydrogen (secondary N) is 1. The van der Waals surface area contributed by atoms with Crippen molar-refractivity contribution in [1.82, 2.24) is 20.1 Å². The fourth-order valence-corrected chi connectivity index (χ4v) is 5.71. The number of piperazine rings is 1. The number of unbranched alkanes of at least 4 members (excludes halogenated alkanes) is 1. The molecule has 0 aliphatic carbocycles. The molecule has 1 N–H and O–H groups in total. The van der Waals surface area contributed by atoms with Crippen molar-refractivity contribution in [2.24, 2.45) is 0 Å². The Morgan fingerprint density at radius 2 is 1.94 bits per heavy atom. The van der Waals surface area contributed by atoms with Gasteiger partial charge in [-0.15, -0.1) is 0 Å². The second-order valence-corrected chi connectivity index (χ2v) is 10.0. The number of halogens is 1. The fourth-order valence-electron chi connectivity index (χ4n) is 5.71. The van der Waals surface area contributed by atoms with Crippen LogP contribution in [0, 0.1) is 5.82 Å². The summed E-state index contributed by atoms with van der Waals surface area (Å²) in [5.41, 5.74) is 0.892. The highest BCUT2D eigenvalue weighted by atomic mass is 19.1. The summed E-state index contributed by atoms with van der Waals surface area (Å²) >= 11 is 0. The Labute approximate surface area is 193 Å². The van der Waals surface area contributed by atoms with Crippen molar-refractivity contribution in [2.45, 2.75) is 90.2 Å². The molecule has 3 fully saturated rings. The number of nitrogens with zero attached hydrogens (tertiary/aromatic N) is 4. The number of aromatic nitrogens is 1. The molecule has 32 heavy (non-hydrogen) atoms. The normalized spacial score (nSPS) is 25.1. The number of hydrogen-bond acceptors (Lipinski definition) is 6. The third kappa shape index (κ3) is 5.27. The molecule has 3 saturated heterocycles. The SMILES string of the molecule is CCCCC(CNCc1ccc(F)c(N2CC(N3C[C@@H]4C[C@H]3CN4C(C)C)C2)n1)OCC. The van der Waals surface area contributed by atoms with Crippen LogP contribution >= 0.6 is 0 Å². The highest BCUT2D eigenvalue weighted by Gasteiger charge is 2.48. The van der Waals surface area contributed by atoms with E-state index in [0.29, 0.717) is 36.5 Å². The van der Waals surface area contributed by atoms with E-state index in [1.54, 1.807) is 12.1 Å². The summed E-state index contributed by atoms with van der Waals surface area (Å²) in [4.78, 5) is 12.1. The number of hydrogen-bond donors (Lipinski definition) is 1. The number of ether oxygens (including phenoxy) is 1. The number of likely N-dealkylation sites (tertiary alicyclic amines) is 2. The topological polar surface area (TPSA) is 43.9 Å². The lowest BCUT2D eigenvalue weighted by Gasteiger charge is -2.49. The van der Waals surface area contributed by atoms with Crippen LogP contribution in [0.5, 0.6) is 0 Å². The molecule has 1 aromatic rings. The van der Waals surface area contributed by atoms with Gasteiger partial charge in [-0.3, -0.25) is 9.80 Å². The average Bonchev–Trinajstić information content (AvgIpc) is 3.34. The van der Waals surface area contributed by atoms with E-state index in [9.17, 15) is 4.39 Å². The molecule has 0 spiro atoms. The first-order valence-corrected chi connectivity index (χ1v) is 12.7. The predicted molar refractivity (Wildman–Crippen MR) is 128 cm³/mol. The third-order valence-corrected chi connectivity index (χ3v) is 7.46. The van der Waals surface area contributed by atoms with Gasteiger partial charge in [0.1, 0.15) is 0 Å². The number of anilines is 1. The van der Waals surface area contributed by atoms with Gasteiger partial charge < -0.3 is 15.0 Å². The van der Waals surface area contributed by atoms with Crippen LogP contribution in [0.4, 0.5) is 10.2 Å². The van der Waals surface area contributed by atoms with Gasteiger partial charge in [0.15, 0.2) is 11.6 Å². The summed E-state index contributed by atoms with van der Waals surface area (Å²) in [5, 5.41) is 3.46. The lowest BCUT2D eigenvalue weighted by atomic mass is 10.0. The lowest BCUT2D eigenvalue weighted by Crippen LogP contribution is -2.64. The molecule has 2 bridgehead atoms. The highest BCUT2D eigenvalue weighted by molar-refractivity contribution is 5.45. The van der Waals surface area contributed by atoms with Gasteiger partial charge in [0.05, 0.1) is 11.8 Å². The zero-order valence-corrected chi connectivity index (χ0v) is 20.4. The first-order chi connectivity index (χ1) is 15.5. The van der Waals surface area contributed by atoms with E-state index in [0.717, 1.165) is 38.4 Å². The van der Waals surface area contributed by atoms with Crippen LogP contribution < -0.4 is 10.2 Å². The van der Waals surface area contributed by atoms with Gasteiger partial charge in [-0.2, -0.15) is 0 Å². The number of fused-ring (bicyclic) bond motifs is 2. The zero-order valence-electron chi connectivity index (χ0n) is 20.4. The Balaban J connectivity index is 1.26. The smallest absolute Gasteiger partial charge is 0.165 e. The van der Waals surface area contributed by atoms with Gasteiger partial charge in [-0.25, -0.2) is 9.37 Å². The summed E-state index contributed by atoms with van der Waals surface area (Å²) in [6, 6.07) is 5.92. The van der Waals surface area contributed by atoms with Gasteiger partial charge in [-0.05, 0) is 45.7 Å². The molecule has 0 saturated carbocycles. The first-order valence-electron chi connectivity index (χ1n) is 12.7. The first kappa shape index (κ1) is 23.9. The fraction of sp³-hybridized carbons (Fsp3) is 0.800. The van der Waals surface area contributed by atoms with Gasteiger partial charge in [0, 0.05) is 70.0 Å². The summed E-state index contributed by atoms with van der Waals surface area (Å²) in [6.07, 6.45) is 4.96. The quantitative estimate of drug-likeness (QED) is 0.531. The van der Waals surface area contributed by atoms with Crippen molar-refractivity contribution >= 4 is 5.82 Å². The minimum absolute atomic E-state index is 0.212. The van der Waals surface area contributed by atoms with E-state index >= 15 is 0 Å². The molecule has 180 valence electrons. The van der Waals surface area contributed by atoms with Gasteiger partial charge in [0.2, 0.25) is 0 Å². The van der Waals surface area contributed by atoms with E-state index in [2.05, 4.69) is 45.8 Å². The molecule has 3 aliphatic rings. The zero-order chi connectivity index (χ0) is 22.7. The molecule has 1 unspecified atom stereocenters. The van der Waals surface area contributed by atoms with Crippen LogP contribution in [0.1, 0.15) is 59.1 Å². The summed E-state index contributed by atoms with van der Waals surface area (Å²) in [5.74, 6) is 0.303. The molecule has 4 heterocycles. The minimum atomic E-state index is -0.212. The van der Waals surface area contributed by atoms with Crippen molar-refractivity contribution in [3.8, 4) is 0 Å². The maximum Gasteiger partial charge on any atom is 0.165 e. The molecule has 0 aromatic carbocycles.